The Hall–Kier alpha value is -2.44. The van der Waals surface area contributed by atoms with Gasteiger partial charge in [-0.15, -0.1) is 0 Å². The topological polar surface area (TPSA) is 91.4 Å². The van der Waals surface area contributed by atoms with E-state index in [1.165, 1.54) is 30.6 Å². The molecule has 2 saturated carbocycles. The third kappa shape index (κ3) is 5.48. The van der Waals surface area contributed by atoms with Crippen molar-refractivity contribution in [3.05, 3.63) is 23.9 Å². The summed E-state index contributed by atoms with van der Waals surface area (Å²) < 4.78 is 0. The van der Waals surface area contributed by atoms with Crippen molar-refractivity contribution in [2.24, 2.45) is 11.8 Å². The SMILES string of the molecule is Cc1ccc(NC(=O)[C@H](CC2CCCCC2)N2C(=O)N[C@@H](CC3CCCCC3)C2=O)nc1. The van der Waals surface area contributed by atoms with Crippen LogP contribution in [0.15, 0.2) is 18.3 Å². The summed E-state index contributed by atoms with van der Waals surface area (Å²) in [7, 11) is 0. The Morgan fingerprint density at radius 3 is 2.34 bits per heavy atom. The maximum atomic E-state index is 13.3. The van der Waals surface area contributed by atoms with E-state index in [0.717, 1.165) is 44.1 Å². The van der Waals surface area contributed by atoms with E-state index in [-0.39, 0.29) is 11.8 Å². The number of carbonyl (C=O) groups is 3. The first-order valence-corrected chi connectivity index (χ1v) is 12.4. The fourth-order valence-electron chi connectivity index (χ4n) is 5.58. The van der Waals surface area contributed by atoms with Crippen LogP contribution < -0.4 is 10.6 Å². The number of imide groups is 1. The Morgan fingerprint density at radius 2 is 1.72 bits per heavy atom. The van der Waals surface area contributed by atoms with Crippen molar-refractivity contribution in [2.75, 3.05) is 5.32 Å². The molecule has 2 heterocycles. The average Bonchev–Trinajstić information content (AvgIpc) is 3.07. The average molecular weight is 441 g/mol. The lowest BCUT2D eigenvalue weighted by atomic mass is 9.83. The van der Waals surface area contributed by atoms with Crippen molar-refractivity contribution in [1.82, 2.24) is 15.2 Å². The zero-order valence-corrected chi connectivity index (χ0v) is 19.1. The van der Waals surface area contributed by atoms with E-state index in [1.54, 1.807) is 12.3 Å². The van der Waals surface area contributed by atoms with Gasteiger partial charge in [0.25, 0.3) is 5.91 Å². The van der Waals surface area contributed by atoms with E-state index in [4.69, 9.17) is 0 Å². The maximum absolute atomic E-state index is 13.3. The van der Waals surface area contributed by atoms with Crippen molar-refractivity contribution in [3.63, 3.8) is 0 Å². The van der Waals surface area contributed by atoms with Crippen LogP contribution in [0.5, 0.6) is 0 Å². The second-order valence-corrected chi connectivity index (χ2v) is 9.92. The molecule has 1 saturated heterocycles. The first kappa shape index (κ1) is 22.7. The van der Waals surface area contributed by atoms with E-state index >= 15 is 0 Å². The van der Waals surface area contributed by atoms with Gasteiger partial charge < -0.3 is 10.6 Å². The number of nitrogens with one attached hydrogen (secondary N) is 2. The monoisotopic (exact) mass is 440 g/mol. The van der Waals surface area contributed by atoms with Gasteiger partial charge in [-0.1, -0.05) is 70.3 Å². The minimum absolute atomic E-state index is 0.242. The first-order chi connectivity index (χ1) is 15.5. The minimum Gasteiger partial charge on any atom is -0.326 e. The number of aromatic nitrogens is 1. The Bertz CT molecular complexity index is 813. The predicted molar refractivity (Wildman–Crippen MR) is 123 cm³/mol. The van der Waals surface area contributed by atoms with Crippen LogP contribution in [0.1, 0.15) is 82.6 Å². The summed E-state index contributed by atoms with van der Waals surface area (Å²) >= 11 is 0. The molecule has 4 rings (SSSR count). The zero-order valence-electron chi connectivity index (χ0n) is 19.1. The lowest BCUT2D eigenvalue weighted by molar-refractivity contribution is -0.134. The highest BCUT2D eigenvalue weighted by Gasteiger charge is 2.45. The summed E-state index contributed by atoms with van der Waals surface area (Å²) in [5.41, 5.74) is 1.00. The lowest BCUT2D eigenvalue weighted by Gasteiger charge is -2.30. The van der Waals surface area contributed by atoms with Crippen LogP contribution in [-0.4, -0.2) is 39.8 Å². The molecule has 1 aliphatic heterocycles. The zero-order chi connectivity index (χ0) is 22.5. The summed E-state index contributed by atoms with van der Waals surface area (Å²) in [6.45, 7) is 1.93. The van der Waals surface area contributed by atoms with Crippen LogP contribution >= 0.6 is 0 Å². The highest BCUT2D eigenvalue weighted by Crippen LogP contribution is 2.32. The van der Waals surface area contributed by atoms with Gasteiger partial charge >= 0.3 is 6.03 Å². The summed E-state index contributed by atoms with van der Waals surface area (Å²) in [4.78, 5) is 45.0. The van der Waals surface area contributed by atoms with Gasteiger partial charge in [-0.05, 0) is 43.2 Å². The largest absolute Gasteiger partial charge is 0.326 e. The second-order valence-electron chi connectivity index (χ2n) is 9.92. The van der Waals surface area contributed by atoms with Crippen LogP contribution in [0.25, 0.3) is 0 Å². The third-order valence-electron chi connectivity index (χ3n) is 7.40. The van der Waals surface area contributed by atoms with Crippen molar-refractivity contribution < 1.29 is 14.4 Å². The number of pyridine rings is 1. The van der Waals surface area contributed by atoms with Crippen LogP contribution in [0.4, 0.5) is 10.6 Å². The number of aryl methyl sites for hydroxylation is 1. The van der Waals surface area contributed by atoms with Crippen LogP contribution in [-0.2, 0) is 9.59 Å². The van der Waals surface area contributed by atoms with Gasteiger partial charge in [0, 0.05) is 6.20 Å². The summed E-state index contributed by atoms with van der Waals surface area (Å²) in [6, 6.07) is 1.90. The Balaban J connectivity index is 1.49. The normalized spacial score (nSPS) is 23.8. The van der Waals surface area contributed by atoms with Gasteiger partial charge in [0.05, 0.1) is 0 Å². The Labute approximate surface area is 190 Å². The molecule has 0 unspecified atom stereocenters. The van der Waals surface area contributed by atoms with E-state index in [0.29, 0.717) is 30.5 Å². The smallest absolute Gasteiger partial charge is 0.325 e. The number of hydrogen-bond donors (Lipinski definition) is 2. The molecule has 0 aromatic carbocycles. The van der Waals surface area contributed by atoms with Crippen molar-refractivity contribution >= 4 is 23.7 Å². The molecule has 3 aliphatic rings. The van der Waals surface area contributed by atoms with Crippen LogP contribution in [0.3, 0.4) is 0 Å². The molecule has 7 heteroatoms. The van der Waals surface area contributed by atoms with Gasteiger partial charge in [0.15, 0.2) is 0 Å². The molecule has 7 nitrogen and oxygen atoms in total. The van der Waals surface area contributed by atoms with Gasteiger partial charge in [-0.2, -0.15) is 0 Å². The molecule has 0 spiro atoms. The van der Waals surface area contributed by atoms with Crippen LogP contribution in [0.2, 0.25) is 0 Å². The number of amides is 4. The van der Waals surface area contributed by atoms with Crippen molar-refractivity contribution in [1.29, 1.82) is 0 Å². The standard InChI is InChI=1S/C25H36N4O3/c1-17-12-13-22(26-16-17)28-23(30)21(15-19-10-6-3-7-11-19)29-24(31)20(27-25(29)32)14-18-8-4-2-5-9-18/h12-13,16,18-21H,2-11,14-15H2,1H3,(H,27,32)(H,26,28,30)/t20-,21-/m0/s1. The minimum atomic E-state index is -0.801. The molecule has 0 radical (unpaired) electrons. The predicted octanol–water partition coefficient (Wildman–Crippen LogP) is 4.56. The third-order valence-corrected chi connectivity index (χ3v) is 7.40. The van der Waals surface area contributed by atoms with E-state index in [9.17, 15) is 14.4 Å². The molecular weight excluding hydrogens is 404 g/mol. The maximum Gasteiger partial charge on any atom is 0.325 e. The lowest BCUT2D eigenvalue weighted by Crippen LogP contribution is -2.49. The van der Waals surface area contributed by atoms with Crippen LogP contribution in [0, 0.1) is 18.8 Å². The fraction of sp³-hybridized carbons (Fsp3) is 0.680. The molecule has 2 aliphatic carbocycles. The first-order valence-electron chi connectivity index (χ1n) is 12.4. The summed E-state index contributed by atoms with van der Waals surface area (Å²) in [5, 5.41) is 5.74. The molecule has 2 atom stereocenters. The number of hydrogen-bond acceptors (Lipinski definition) is 4. The molecule has 174 valence electrons. The molecule has 1 aromatic rings. The summed E-state index contributed by atoms with van der Waals surface area (Å²) in [5.74, 6) is 0.700. The second kappa shape index (κ2) is 10.5. The van der Waals surface area contributed by atoms with Crippen molar-refractivity contribution in [2.45, 2.75) is 96.1 Å². The van der Waals surface area contributed by atoms with Gasteiger partial charge in [-0.3, -0.25) is 9.59 Å². The molecule has 4 amide bonds. The van der Waals surface area contributed by atoms with Gasteiger partial charge in [0.1, 0.15) is 17.9 Å². The van der Waals surface area contributed by atoms with E-state index < -0.39 is 18.1 Å². The highest BCUT2D eigenvalue weighted by atomic mass is 16.2. The molecule has 1 aromatic heterocycles. The fourth-order valence-corrected chi connectivity index (χ4v) is 5.58. The molecule has 3 fully saturated rings. The Kier molecular flexibility index (Phi) is 7.43. The van der Waals surface area contributed by atoms with Crippen molar-refractivity contribution in [3.8, 4) is 0 Å². The number of anilines is 1. The molecule has 32 heavy (non-hydrogen) atoms. The van der Waals surface area contributed by atoms with Gasteiger partial charge in [0.2, 0.25) is 5.91 Å². The number of nitrogens with zero attached hydrogens (tertiary/aromatic N) is 2. The molecule has 2 N–H and O–H groups in total. The van der Waals surface area contributed by atoms with E-state index in [2.05, 4.69) is 15.6 Å². The number of carbonyl (C=O) groups excluding carboxylic acids is 3. The number of urea groups is 1. The van der Waals surface area contributed by atoms with E-state index in [1.807, 2.05) is 13.0 Å². The number of rotatable bonds is 7. The highest BCUT2D eigenvalue weighted by molar-refractivity contribution is 6.09. The van der Waals surface area contributed by atoms with Gasteiger partial charge in [-0.25, -0.2) is 14.7 Å². The Morgan fingerprint density at radius 1 is 1.06 bits per heavy atom. The molecular formula is C25H36N4O3. The summed E-state index contributed by atoms with van der Waals surface area (Å²) in [6.07, 6.45) is 14.4. The molecule has 0 bridgehead atoms. The quantitative estimate of drug-likeness (QED) is 0.608.